The van der Waals surface area contributed by atoms with Gasteiger partial charge in [-0.05, 0) is 0 Å². The Morgan fingerprint density at radius 2 is 2.14 bits per heavy atom. The highest BCUT2D eigenvalue weighted by Gasteiger charge is 2.38. The second-order valence-electron chi connectivity index (χ2n) is 2.80. The van der Waals surface area contributed by atoms with Crippen LogP contribution in [-0.2, 0) is 0 Å². The van der Waals surface area contributed by atoms with Gasteiger partial charge in [-0.1, -0.05) is 0 Å². The van der Waals surface area contributed by atoms with Crippen molar-refractivity contribution in [2.45, 2.75) is 6.30 Å². The van der Waals surface area contributed by atoms with E-state index >= 15 is 0 Å². The van der Waals surface area contributed by atoms with Crippen LogP contribution in [0.1, 0.15) is 0 Å². The molecule has 0 radical (unpaired) electrons. The third-order valence-electron chi connectivity index (χ3n) is 1.87. The van der Waals surface area contributed by atoms with Crippen LogP contribution >= 0.6 is 0 Å². The fourth-order valence-electron chi connectivity index (χ4n) is 1.15. The Labute approximate surface area is 77.6 Å². The first-order valence-corrected chi connectivity index (χ1v) is 3.84. The van der Waals surface area contributed by atoms with Crippen LogP contribution in [0.4, 0.5) is 18.9 Å². The number of H-pyrrole nitrogens is 1. The van der Waals surface area contributed by atoms with E-state index in [4.69, 9.17) is 0 Å². The van der Waals surface area contributed by atoms with Gasteiger partial charge < -0.3 is 4.90 Å². The van der Waals surface area contributed by atoms with Crippen LogP contribution in [0.15, 0.2) is 24.8 Å². The van der Waals surface area contributed by atoms with E-state index in [1.165, 1.54) is 23.5 Å². The number of anilines is 1. The quantitative estimate of drug-likeness (QED) is 0.704. The fraction of sp³-hybridized carbons (Fsp3) is 0.286. The molecule has 1 aromatic rings. The van der Waals surface area contributed by atoms with Gasteiger partial charge in [0.15, 0.2) is 0 Å². The average Bonchev–Trinajstić information content (AvgIpc) is 2.73. The summed E-state index contributed by atoms with van der Waals surface area (Å²) in [6, 6.07) is 0. The van der Waals surface area contributed by atoms with Gasteiger partial charge in [0.25, 0.3) is 0 Å². The summed E-state index contributed by atoms with van der Waals surface area (Å²) in [7, 11) is 0. The van der Waals surface area contributed by atoms with Crippen LogP contribution in [0.5, 0.6) is 0 Å². The van der Waals surface area contributed by atoms with Gasteiger partial charge in [-0.3, -0.25) is 10.00 Å². The maximum absolute atomic E-state index is 12.2. The Morgan fingerprint density at radius 1 is 1.36 bits per heavy atom. The first-order valence-electron chi connectivity index (χ1n) is 3.84. The minimum atomic E-state index is -4.32. The molecule has 0 fully saturated rings. The molecule has 1 aliphatic heterocycles. The molecule has 0 amide bonds. The Kier molecular flexibility index (Phi) is 1.87. The van der Waals surface area contributed by atoms with Crippen molar-refractivity contribution >= 4 is 5.69 Å². The van der Waals surface area contributed by atoms with Crippen molar-refractivity contribution in [2.75, 3.05) is 11.6 Å². The number of nitrogens with zero attached hydrogens (tertiary/aromatic N) is 3. The largest absolute Gasteiger partial charge is 0.485 e. The summed E-state index contributed by atoms with van der Waals surface area (Å²) >= 11 is 0. The number of aromatic amines is 1. The summed E-state index contributed by atoms with van der Waals surface area (Å²) in [6.45, 7) is -0.233. The number of nitrogens with one attached hydrogen (secondary N) is 1. The number of hydrogen-bond acceptors (Lipinski definition) is 3. The lowest BCUT2D eigenvalue weighted by Gasteiger charge is -2.21. The zero-order chi connectivity index (χ0) is 10.2. The monoisotopic (exact) mass is 204 g/mol. The van der Waals surface area contributed by atoms with E-state index < -0.39 is 6.30 Å². The Hall–Kier alpha value is -1.66. The number of hydrogen-bond donors (Lipinski definition) is 1. The lowest BCUT2D eigenvalue weighted by atomic mass is 10.5. The molecule has 1 aliphatic rings. The predicted octanol–water partition coefficient (Wildman–Crippen LogP) is 1.48. The maximum Gasteiger partial charge on any atom is 0.485 e. The van der Waals surface area contributed by atoms with Crippen molar-refractivity contribution in [3.8, 4) is 0 Å². The number of rotatable bonds is 1. The third kappa shape index (κ3) is 1.52. The van der Waals surface area contributed by atoms with Crippen LogP contribution in [-0.4, -0.2) is 28.1 Å². The van der Waals surface area contributed by atoms with Crippen LogP contribution in [0.2, 0.25) is 0 Å². The van der Waals surface area contributed by atoms with Gasteiger partial charge in [-0.15, -0.1) is 0 Å². The lowest BCUT2D eigenvalue weighted by molar-refractivity contribution is -0.224. The van der Waals surface area contributed by atoms with Crippen molar-refractivity contribution < 1.29 is 13.2 Å². The molecular formula is C7H7F3N4. The van der Waals surface area contributed by atoms with E-state index in [2.05, 4.69) is 10.2 Å². The predicted molar refractivity (Wildman–Crippen MR) is 43.0 cm³/mol. The van der Waals surface area contributed by atoms with Crippen molar-refractivity contribution in [1.29, 1.82) is 0 Å². The molecular weight excluding hydrogens is 197 g/mol. The summed E-state index contributed by atoms with van der Waals surface area (Å²) in [6.07, 6.45) is 1.02. The van der Waals surface area contributed by atoms with Crippen LogP contribution in [0, 0.1) is 0 Å². The topological polar surface area (TPSA) is 35.2 Å². The first kappa shape index (κ1) is 8.92. The molecule has 76 valence electrons. The molecule has 0 aliphatic carbocycles. The molecule has 0 spiro atoms. The Morgan fingerprint density at radius 3 is 2.64 bits per heavy atom. The molecule has 2 heterocycles. The normalized spacial score (nSPS) is 16.8. The van der Waals surface area contributed by atoms with Gasteiger partial charge in [-0.2, -0.15) is 18.3 Å². The van der Waals surface area contributed by atoms with Crippen molar-refractivity contribution in [3.63, 3.8) is 0 Å². The summed E-state index contributed by atoms with van der Waals surface area (Å²) in [4.78, 5) is 1.73. The Balaban J connectivity index is 2.07. The molecule has 0 saturated carbocycles. The highest BCUT2D eigenvalue weighted by molar-refractivity contribution is 5.46. The van der Waals surface area contributed by atoms with Gasteiger partial charge in [0, 0.05) is 18.6 Å². The van der Waals surface area contributed by atoms with Crippen LogP contribution < -0.4 is 4.90 Å². The zero-order valence-electron chi connectivity index (χ0n) is 6.99. The first-order chi connectivity index (χ1) is 6.57. The lowest BCUT2D eigenvalue weighted by Crippen LogP contribution is -2.36. The minimum absolute atomic E-state index is 0.233. The van der Waals surface area contributed by atoms with Crippen molar-refractivity contribution in [1.82, 2.24) is 15.1 Å². The van der Waals surface area contributed by atoms with E-state index in [1.54, 1.807) is 0 Å². The maximum atomic E-state index is 12.2. The average molecular weight is 204 g/mol. The fourth-order valence-corrected chi connectivity index (χ4v) is 1.15. The van der Waals surface area contributed by atoms with E-state index in [1.807, 2.05) is 0 Å². The molecule has 7 heteroatoms. The molecule has 0 bridgehead atoms. The standard InChI is InChI=1S/C7H7F3N4/c8-7(9,10)14-2-1-13(5-14)6-3-11-12-4-6/h1-4H,5H2,(H,11,12). The third-order valence-corrected chi connectivity index (χ3v) is 1.87. The van der Waals surface area contributed by atoms with Crippen LogP contribution in [0.25, 0.3) is 0 Å². The molecule has 0 unspecified atom stereocenters. The van der Waals surface area contributed by atoms with Crippen molar-refractivity contribution in [3.05, 3.63) is 24.8 Å². The van der Waals surface area contributed by atoms with E-state index in [-0.39, 0.29) is 6.67 Å². The highest BCUT2D eigenvalue weighted by Crippen LogP contribution is 2.27. The van der Waals surface area contributed by atoms with Gasteiger partial charge in [0.1, 0.15) is 6.67 Å². The second-order valence-corrected chi connectivity index (χ2v) is 2.80. The number of halogens is 3. The SMILES string of the molecule is FC(F)(F)N1C=CN(c2cn[nH]c2)C1. The number of alkyl halides is 3. The molecule has 1 aromatic heterocycles. The minimum Gasteiger partial charge on any atom is -0.325 e. The molecule has 1 N–H and O–H groups in total. The van der Waals surface area contributed by atoms with E-state index in [9.17, 15) is 13.2 Å². The molecule has 0 saturated heterocycles. The van der Waals surface area contributed by atoms with Crippen molar-refractivity contribution in [2.24, 2.45) is 0 Å². The van der Waals surface area contributed by atoms with E-state index in [0.717, 1.165) is 6.20 Å². The number of aromatic nitrogens is 2. The van der Waals surface area contributed by atoms with Crippen LogP contribution in [0.3, 0.4) is 0 Å². The van der Waals surface area contributed by atoms with Gasteiger partial charge in [-0.25, -0.2) is 0 Å². The highest BCUT2D eigenvalue weighted by atomic mass is 19.4. The summed E-state index contributed by atoms with van der Waals surface area (Å²) < 4.78 is 36.6. The second kappa shape index (κ2) is 2.93. The van der Waals surface area contributed by atoms with Gasteiger partial charge in [0.2, 0.25) is 0 Å². The Bertz CT molecular complexity index is 329. The molecule has 0 aromatic carbocycles. The summed E-state index contributed by atoms with van der Waals surface area (Å²) in [5.74, 6) is 0. The summed E-state index contributed by atoms with van der Waals surface area (Å²) in [5.41, 5.74) is 0.605. The molecule has 14 heavy (non-hydrogen) atoms. The summed E-state index contributed by atoms with van der Waals surface area (Å²) in [5, 5.41) is 6.19. The van der Waals surface area contributed by atoms with Gasteiger partial charge in [0.05, 0.1) is 11.9 Å². The van der Waals surface area contributed by atoms with E-state index in [0.29, 0.717) is 10.6 Å². The molecule has 2 rings (SSSR count). The molecule has 0 atom stereocenters. The zero-order valence-corrected chi connectivity index (χ0v) is 6.99. The smallest absolute Gasteiger partial charge is 0.325 e. The molecule has 4 nitrogen and oxygen atoms in total. The van der Waals surface area contributed by atoms with Gasteiger partial charge >= 0.3 is 6.30 Å².